The van der Waals surface area contributed by atoms with Crippen molar-refractivity contribution in [2.45, 2.75) is 39.2 Å². The zero-order valence-corrected chi connectivity index (χ0v) is 9.13. The number of hydrogen-bond acceptors (Lipinski definition) is 2. The number of carboxylic acids is 1. The van der Waals surface area contributed by atoms with Gasteiger partial charge in [0.2, 0.25) is 5.91 Å². The molecule has 0 aromatic carbocycles. The van der Waals surface area contributed by atoms with E-state index in [1.54, 1.807) is 14.0 Å². The SMILES string of the molecule is CC(=O)N(C)C(C)(C(=O)O)C1(C)CC1. The van der Waals surface area contributed by atoms with Crippen LogP contribution in [0.2, 0.25) is 0 Å². The molecule has 0 heterocycles. The van der Waals surface area contributed by atoms with E-state index in [1.807, 2.05) is 6.92 Å². The second kappa shape index (κ2) is 2.97. The first kappa shape index (κ1) is 11.0. The Bertz CT molecular complexity index is 283. The van der Waals surface area contributed by atoms with Crippen LogP contribution >= 0.6 is 0 Å². The van der Waals surface area contributed by atoms with E-state index in [4.69, 9.17) is 0 Å². The van der Waals surface area contributed by atoms with Gasteiger partial charge in [0.25, 0.3) is 0 Å². The van der Waals surface area contributed by atoms with Gasteiger partial charge in [-0.05, 0) is 19.8 Å². The maximum absolute atomic E-state index is 11.3. The van der Waals surface area contributed by atoms with Crippen molar-refractivity contribution < 1.29 is 14.7 Å². The number of carboxylic acid groups (broad SMARTS) is 1. The standard InChI is InChI=1S/C10H17NO3/c1-7(12)11(4)10(3,8(13)14)9(2)5-6-9/h5-6H2,1-4H3,(H,13,14). The molecule has 1 aliphatic carbocycles. The van der Waals surface area contributed by atoms with Gasteiger partial charge < -0.3 is 10.0 Å². The third-order valence-corrected chi connectivity index (χ3v) is 3.73. The highest BCUT2D eigenvalue weighted by Crippen LogP contribution is 2.55. The Morgan fingerprint density at radius 1 is 1.43 bits per heavy atom. The molecule has 1 atom stereocenters. The van der Waals surface area contributed by atoms with Gasteiger partial charge in [-0.1, -0.05) is 6.92 Å². The summed E-state index contributed by atoms with van der Waals surface area (Å²) in [7, 11) is 1.56. The van der Waals surface area contributed by atoms with Crippen LogP contribution in [0.1, 0.15) is 33.6 Å². The summed E-state index contributed by atoms with van der Waals surface area (Å²) in [5.41, 5.74) is -1.34. The van der Waals surface area contributed by atoms with E-state index in [0.29, 0.717) is 0 Å². The molecule has 0 aliphatic heterocycles. The Morgan fingerprint density at radius 2 is 1.86 bits per heavy atom. The number of carbonyl (C=O) groups excluding carboxylic acids is 1. The maximum atomic E-state index is 11.3. The van der Waals surface area contributed by atoms with Gasteiger partial charge in [-0.15, -0.1) is 0 Å². The highest BCUT2D eigenvalue weighted by atomic mass is 16.4. The third kappa shape index (κ3) is 1.29. The highest BCUT2D eigenvalue weighted by molar-refractivity contribution is 5.87. The largest absolute Gasteiger partial charge is 0.479 e. The lowest BCUT2D eigenvalue weighted by molar-refractivity contribution is -0.160. The molecule has 0 aromatic rings. The second-order valence-electron chi connectivity index (χ2n) is 4.52. The number of carbonyl (C=O) groups is 2. The van der Waals surface area contributed by atoms with Crippen molar-refractivity contribution in [1.82, 2.24) is 4.90 Å². The van der Waals surface area contributed by atoms with Gasteiger partial charge in [0.1, 0.15) is 5.54 Å². The first-order valence-corrected chi connectivity index (χ1v) is 4.73. The molecule has 1 rings (SSSR count). The highest BCUT2D eigenvalue weighted by Gasteiger charge is 2.60. The van der Waals surface area contributed by atoms with E-state index >= 15 is 0 Å². The molecule has 4 heteroatoms. The Labute approximate surface area is 83.9 Å². The summed E-state index contributed by atoms with van der Waals surface area (Å²) in [6.07, 6.45) is 1.74. The number of rotatable bonds is 3. The van der Waals surface area contributed by atoms with Gasteiger partial charge in [0.15, 0.2) is 0 Å². The minimum Gasteiger partial charge on any atom is -0.479 e. The van der Waals surface area contributed by atoms with Gasteiger partial charge in [-0.2, -0.15) is 0 Å². The Balaban J connectivity index is 3.05. The molecule has 0 bridgehead atoms. The van der Waals surface area contributed by atoms with Crippen LogP contribution in [0.3, 0.4) is 0 Å². The number of amides is 1. The van der Waals surface area contributed by atoms with Crippen molar-refractivity contribution in [3.8, 4) is 0 Å². The zero-order valence-electron chi connectivity index (χ0n) is 9.13. The topological polar surface area (TPSA) is 57.6 Å². The van der Waals surface area contributed by atoms with E-state index in [0.717, 1.165) is 12.8 Å². The molecule has 1 aliphatic rings. The normalized spacial score (nSPS) is 22.3. The Kier molecular flexibility index (Phi) is 2.34. The van der Waals surface area contributed by atoms with Crippen LogP contribution in [0.5, 0.6) is 0 Å². The summed E-state index contributed by atoms with van der Waals surface area (Å²) in [5, 5.41) is 9.23. The van der Waals surface area contributed by atoms with Crippen LogP contribution in [0.25, 0.3) is 0 Å². The van der Waals surface area contributed by atoms with E-state index < -0.39 is 11.5 Å². The number of nitrogens with zero attached hydrogens (tertiary/aromatic N) is 1. The minimum atomic E-state index is -1.07. The molecule has 1 amide bonds. The van der Waals surface area contributed by atoms with E-state index in [-0.39, 0.29) is 11.3 Å². The van der Waals surface area contributed by atoms with E-state index in [2.05, 4.69) is 0 Å². The molecule has 14 heavy (non-hydrogen) atoms. The Morgan fingerprint density at radius 3 is 2.07 bits per heavy atom. The first-order chi connectivity index (χ1) is 6.25. The predicted molar refractivity (Wildman–Crippen MR) is 51.8 cm³/mol. The summed E-state index contributed by atoms with van der Waals surface area (Å²) >= 11 is 0. The summed E-state index contributed by atoms with van der Waals surface area (Å²) in [5.74, 6) is -1.13. The van der Waals surface area contributed by atoms with Crippen LogP contribution in [0.15, 0.2) is 0 Å². The van der Waals surface area contributed by atoms with Gasteiger partial charge in [0, 0.05) is 19.4 Å². The molecule has 1 N–H and O–H groups in total. The molecule has 0 spiro atoms. The smallest absolute Gasteiger partial charge is 0.329 e. The van der Waals surface area contributed by atoms with Crippen molar-refractivity contribution in [2.24, 2.45) is 5.41 Å². The minimum absolute atomic E-state index is 0.206. The summed E-state index contributed by atoms with van der Waals surface area (Å²) in [6.45, 7) is 4.94. The fourth-order valence-corrected chi connectivity index (χ4v) is 1.80. The molecule has 1 fully saturated rings. The number of aliphatic carboxylic acids is 1. The van der Waals surface area contributed by atoms with E-state index in [1.165, 1.54) is 11.8 Å². The van der Waals surface area contributed by atoms with Crippen molar-refractivity contribution in [3.05, 3.63) is 0 Å². The number of hydrogen-bond donors (Lipinski definition) is 1. The van der Waals surface area contributed by atoms with Crippen molar-refractivity contribution in [2.75, 3.05) is 7.05 Å². The quantitative estimate of drug-likeness (QED) is 0.740. The molecule has 1 unspecified atom stereocenters. The lowest BCUT2D eigenvalue weighted by Crippen LogP contribution is -2.57. The summed E-state index contributed by atoms with van der Waals surface area (Å²) in [6, 6.07) is 0. The van der Waals surface area contributed by atoms with Gasteiger partial charge in [-0.3, -0.25) is 4.79 Å². The summed E-state index contributed by atoms with van der Waals surface area (Å²) < 4.78 is 0. The van der Waals surface area contributed by atoms with Gasteiger partial charge in [0.05, 0.1) is 0 Å². The van der Waals surface area contributed by atoms with Crippen LogP contribution in [-0.2, 0) is 9.59 Å². The Hall–Kier alpha value is -1.06. The van der Waals surface area contributed by atoms with Crippen molar-refractivity contribution in [3.63, 3.8) is 0 Å². The zero-order chi connectivity index (χ0) is 11.1. The molecule has 80 valence electrons. The molecule has 0 aromatic heterocycles. The predicted octanol–water partition coefficient (Wildman–Crippen LogP) is 1.11. The van der Waals surface area contributed by atoms with Crippen molar-refractivity contribution in [1.29, 1.82) is 0 Å². The lowest BCUT2D eigenvalue weighted by atomic mass is 9.82. The molecule has 0 radical (unpaired) electrons. The fourth-order valence-electron chi connectivity index (χ4n) is 1.80. The monoisotopic (exact) mass is 199 g/mol. The van der Waals surface area contributed by atoms with Crippen LogP contribution in [0.4, 0.5) is 0 Å². The molecule has 1 saturated carbocycles. The maximum Gasteiger partial charge on any atom is 0.329 e. The van der Waals surface area contributed by atoms with Crippen LogP contribution in [0, 0.1) is 5.41 Å². The van der Waals surface area contributed by atoms with Gasteiger partial charge >= 0.3 is 5.97 Å². The van der Waals surface area contributed by atoms with Gasteiger partial charge in [-0.25, -0.2) is 4.79 Å². The van der Waals surface area contributed by atoms with Crippen molar-refractivity contribution >= 4 is 11.9 Å². The average molecular weight is 199 g/mol. The molecule has 0 saturated heterocycles. The number of likely N-dealkylation sites (N-methyl/N-ethyl adjacent to an activating group) is 1. The second-order valence-corrected chi connectivity index (χ2v) is 4.52. The first-order valence-electron chi connectivity index (χ1n) is 4.73. The lowest BCUT2D eigenvalue weighted by Gasteiger charge is -2.39. The average Bonchev–Trinajstić information content (AvgIpc) is 2.81. The van der Waals surface area contributed by atoms with Crippen LogP contribution < -0.4 is 0 Å². The summed E-state index contributed by atoms with van der Waals surface area (Å²) in [4.78, 5) is 23.8. The van der Waals surface area contributed by atoms with Crippen LogP contribution in [-0.4, -0.2) is 34.5 Å². The van der Waals surface area contributed by atoms with E-state index in [9.17, 15) is 14.7 Å². The fraction of sp³-hybridized carbons (Fsp3) is 0.800. The third-order valence-electron chi connectivity index (χ3n) is 3.73. The molecular weight excluding hydrogens is 182 g/mol. The molecule has 4 nitrogen and oxygen atoms in total. The molecular formula is C10H17NO3.